The van der Waals surface area contributed by atoms with E-state index < -0.39 is 0 Å². The molecule has 0 amide bonds. The lowest BCUT2D eigenvalue weighted by Gasteiger charge is -2.21. The van der Waals surface area contributed by atoms with Crippen LogP contribution < -0.4 is 10.1 Å². The highest BCUT2D eigenvalue weighted by Gasteiger charge is 2.45. The summed E-state index contributed by atoms with van der Waals surface area (Å²) in [7, 11) is 0. The predicted octanol–water partition coefficient (Wildman–Crippen LogP) is 3.81. The molecule has 18 heavy (non-hydrogen) atoms. The molecule has 0 saturated heterocycles. The summed E-state index contributed by atoms with van der Waals surface area (Å²) in [5.74, 6) is 1.60. The van der Waals surface area contributed by atoms with Crippen LogP contribution in [0.15, 0.2) is 18.2 Å². The summed E-state index contributed by atoms with van der Waals surface area (Å²) in [6.07, 6.45) is 2.26. The molecule has 0 radical (unpaired) electrons. The first-order valence-electron chi connectivity index (χ1n) is 6.67. The molecule has 2 rings (SSSR count). The second-order valence-corrected chi connectivity index (χ2v) is 6.16. The SMILES string of the molecule is Cc1ccc(Cl)cc1OC1(CNCC(C)C)CC1. The Kier molecular flexibility index (Phi) is 4.18. The van der Waals surface area contributed by atoms with Gasteiger partial charge in [-0.25, -0.2) is 0 Å². The molecule has 0 bridgehead atoms. The molecule has 0 atom stereocenters. The van der Waals surface area contributed by atoms with E-state index >= 15 is 0 Å². The Morgan fingerprint density at radius 1 is 1.39 bits per heavy atom. The molecule has 1 aromatic carbocycles. The van der Waals surface area contributed by atoms with Crippen LogP contribution in [-0.4, -0.2) is 18.7 Å². The molecule has 100 valence electrons. The van der Waals surface area contributed by atoms with Crippen LogP contribution in [0.25, 0.3) is 0 Å². The Balaban J connectivity index is 1.94. The smallest absolute Gasteiger partial charge is 0.124 e. The fourth-order valence-electron chi connectivity index (χ4n) is 1.96. The molecular formula is C15H22ClNO. The average molecular weight is 268 g/mol. The topological polar surface area (TPSA) is 21.3 Å². The molecule has 2 nitrogen and oxygen atoms in total. The summed E-state index contributed by atoms with van der Waals surface area (Å²) < 4.78 is 6.16. The lowest BCUT2D eigenvalue weighted by molar-refractivity contribution is 0.173. The summed E-state index contributed by atoms with van der Waals surface area (Å²) in [4.78, 5) is 0. The number of nitrogens with one attached hydrogen (secondary N) is 1. The maximum Gasteiger partial charge on any atom is 0.124 e. The van der Waals surface area contributed by atoms with Crippen molar-refractivity contribution in [1.29, 1.82) is 0 Å². The highest BCUT2D eigenvalue weighted by molar-refractivity contribution is 6.30. The van der Waals surface area contributed by atoms with Gasteiger partial charge in [0.05, 0.1) is 0 Å². The second-order valence-electron chi connectivity index (χ2n) is 5.72. The largest absolute Gasteiger partial charge is 0.486 e. The molecule has 1 saturated carbocycles. The first-order chi connectivity index (χ1) is 8.51. The molecule has 1 aromatic rings. The quantitative estimate of drug-likeness (QED) is 0.846. The maximum atomic E-state index is 6.16. The zero-order chi connectivity index (χ0) is 13.2. The molecule has 3 heteroatoms. The number of benzene rings is 1. The van der Waals surface area contributed by atoms with Crippen LogP contribution in [0, 0.1) is 12.8 Å². The molecule has 0 spiro atoms. The molecule has 0 unspecified atom stereocenters. The Morgan fingerprint density at radius 2 is 2.11 bits per heavy atom. The van der Waals surface area contributed by atoms with Gasteiger partial charge in [0.15, 0.2) is 0 Å². The Labute approximate surface area is 115 Å². The van der Waals surface area contributed by atoms with Crippen molar-refractivity contribution in [2.75, 3.05) is 13.1 Å². The van der Waals surface area contributed by atoms with E-state index in [1.54, 1.807) is 0 Å². The van der Waals surface area contributed by atoms with Gasteiger partial charge in [0.1, 0.15) is 11.4 Å². The lowest BCUT2D eigenvalue weighted by Crippen LogP contribution is -2.35. The third-order valence-electron chi connectivity index (χ3n) is 3.28. The number of ether oxygens (including phenoxy) is 1. The number of hydrogen-bond donors (Lipinski definition) is 1. The van der Waals surface area contributed by atoms with Crippen LogP contribution in [-0.2, 0) is 0 Å². The van der Waals surface area contributed by atoms with Crippen LogP contribution in [0.4, 0.5) is 0 Å². The van der Waals surface area contributed by atoms with E-state index in [1.165, 1.54) is 0 Å². The number of aryl methyl sites for hydroxylation is 1. The van der Waals surface area contributed by atoms with E-state index in [1.807, 2.05) is 18.2 Å². The number of halogens is 1. The summed E-state index contributed by atoms with van der Waals surface area (Å²) in [6.45, 7) is 8.46. The summed E-state index contributed by atoms with van der Waals surface area (Å²) in [6, 6.07) is 5.83. The van der Waals surface area contributed by atoms with Gasteiger partial charge in [-0.3, -0.25) is 0 Å². The van der Waals surface area contributed by atoms with E-state index in [9.17, 15) is 0 Å². The monoisotopic (exact) mass is 267 g/mol. The maximum absolute atomic E-state index is 6.16. The third kappa shape index (κ3) is 3.63. The fraction of sp³-hybridized carbons (Fsp3) is 0.600. The van der Waals surface area contributed by atoms with E-state index in [4.69, 9.17) is 16.3 Å². The summed E-state index contributed by atoms with van der Waals surface area (Å²) in [5.41, 5.74) is 1.15. The van der Waals surface area contributed by atoms with E-state index in [-0.39, 0.29) is 5.60 Å². The zero-order valence-corrected chi connectivity index (χ0v) is 12.2. The van der Waals surface area contributed by atoms with E-state index in [0.29, 0.717) is 5.92 Å². The summed E-state index contributed by atoms with van der Waals surface area (Å²) >= 11 is 6.02. The minimum absolute atomic E-state index is 0.00430. The van der Waals surface area contributed by atoms with Crippen LogP contribution in [0.5, 0.6) is 5.75 Å². The minimum Gasteiger partial charge on any atom is -0.486 e. The summed E-state index contributed by atoms with van der Waals surface area (Å²) in [5, 5.41) is 4.22. The highest BCUT2D eigenvalue weighted by Crippen LogP contribution is 2.41. The van der Waals surface area contributed by atoms with Crippen molar-refractivity contribution in [3.8, 4) is 5.75 Å². The first-order valence-corrected chi connectivity index (χ1v) is 7.04. The minimum atomic E-state index is 0.00430. The normalized spacial score (nSPS) is 16.9. The Hall–Kier alpha value is -0.730. The molecule has 1 fully saturated rings. The molecule has 1 N–H and O–H groups in total. The zero-order valence-electron chi connectivity index (χ0n) is 11.4. The molecule has 1 aliphatic carbocycles. The van der Waals surface area contributed by atoms with Crippen LogP contribution >= 0.6 is 11.6 Å². The second kappa shape index (κ2) is 5.50. The van der Waals surface area contributed by atoms with Gasteiger partial charge in [0.25, 0.3) is 0 Å². The van der Waals surface area contributed by atoms with Crippen molar-refractivity contribution in [2.45, 2.75) is 39.2 Å². The highest BCUT2D eigenvalue weighted by atomic mass is 35.5. The Morgan fingerprint density at radius 3 is 2.72 bits per heavy atom. The molecule has 0 aromatic heterocycles. The van der Waals surface area contributed by atoms with Crippen molar-refractivity contribution in [1.82, 2.24) is 5.32 Å². The molecule has 0 aliphatic heterocycles. The van der Waals surface area contributed by atoms with Gasteiger partial charge in [-0.2, -0.15) is 0 Å². The van der Waals surface area contributed by atoms with Crippen molar-refractivity contribution in [2.24, 2.45) is 5.92 Å². The first kappa shape index (κ1) is 13.7. The van der Waals surface area contributed by atoms with Crippen molar-refractivity contribution < 1.29 is 4.74 Å². The lowest BCUT2D eigenvalue weighted by atomic mass is 10.2. The van der Waals surface area contributed by atoms with Gasteiger partial charge in [-0.1, -0.05) is 31.5 Å². The third-order valence-corrected chi connectivity index (χ3v) is 3.52. The van der Waals surface area contributed by atoms with Gasteiger partial charge in [0, 0.05) is 11.6 Å². The van der Waals surface area contributed by atoms with Crippen LogP contribution in [0.3, 0.4) is 0 Å². The van der Waals surface area contributed by atoms with Gasteiger partial charge in [0.2, 0.25) is 0 Å². The van der Waals surface area contributed by atoms with Gasteiger partial charge in [-0.15, -0.1) is 0 Å². The van der Waals surface area contributed by atoms with Gasteiger partial charge in [-0.05, 0) is 49.9 Å². The molecular weight excluding hydrogens is 246 g/mol. The molecule has 1 aliphatic rings. The standard InChI is InChI=1S/C15H22ClNO/c1-11(2)9-17-10-15(6-7-15)18-14-8-13(16)5-4-12(14)3/h4-5,8,11,17H,6-7,9-10H2,1-3H3. The van der Waals surface area contributed by atoms with Crippen LogP contribution in [0.1, 0.15) is 32.3 Å². The Bertz CT molecular complexity index is 413. The van der Waals surface area contributed by atoms with E-state index in [0.717, 1.165) is 42.3 Å². The fourth-order valence-corrected chi connectivity index (χ4v) is 2.12. The van der Waals surface area contributed by atoms with Gasteiger partial charge < -0.3 is 10.1 Å². The predicted molar refractivity (Wildman–Crippen MR) is 76.5 cm³/mol. The number of rotatable bonds is 6. The van der Waals surface area contributed by atoms with Gasteiger partial charge >= 0.3 is 0 Å². The van der Waals surface area contributed by atoms with Crippen LogP contribution in [0.2, 0.25) is 5.02 Å². The van der Waals surface area contributed by atoms with Crippen molar-refractivity contribution >= 4 is 11.6 Å². The molecule has 0 heterocycles. The van der Waals surface area contributed by atoms with Crippen molar-refractivity contribution in [3.63, 3.8) is 0 Å². The number of hydrogen-bond acceptors (Lipinski definition) is 2. The van der Waals surface area contributed by atoms with E-state index in [2.05, 4.69) is 26.1 Å². The van der Waals surface area contributed by atoms with Crippen molar-refractivity contribution in [3.05, 3.63) is 28.8 Å². The average Bonchev–Trinajstić information content (AvgIpc) is 3.03.